The summed E-state index contributed by atoms with van der Waals surface area (Å²) in [6.07, 6.45) is -0.175. The van der Waals surface area contributed by atoms with E-state index in [0.717, 1.165) is 0 Å². The van der Waals surface area contributed by atoms with E-state index in [1.807, 2.05) is 0 Å². The van der Waals surface area contributed by atoms with Crippen molar-refractivity contribution in [2.75, 3.05) is 0 Å². The van der Waals surface area contributed by atoms with E-state index in [1.165, 1.54) is 0 Å². The van der Waals surface area contributed by atoms with Crippen molar-refractivity contribution in [3.63, 3.8) is 0 Å². The van der Waals surface area contributed by atoms with Crippen molar-refractivity contribution in [3.05, 3.63) is 12.2 Å². The predicted octanol–water partition coefficient (Wildman–Crippen LogP) is 2.30. The molecule has 0 aliphatic rings. The summed E-state index contributed by atoms with van der Waals surface area (Å²) in [4.78, 5) is 10.0. The summed E-state index contributed by atoms with van der Waals surface area (Å²) in [5.41, 5.74) is 0.0713. The smallest absolute Gasteiger partial charge is 0.336 e. The Bertz CT molecular complexity index is 164. The highest BCUT2D eigenvalue weighted by molar-refractivity contribution is 6.47. The molecule has 0 atom stereocenters. The Hall–Kier alpha value is -0.210. The fourth-order valence-corrected chi connectivity index (χ4v) is 0.557. The molecule has 0 amide bonds. The van der Waals surface area contributed by atoms with Crippen molar-refractivity contribution < 1.29 is 9.53 Å². The van der Waals surface area contributed by atoms with Crippen LogP contribution >= 0.6 is 23.2 Å². The molecule has 64 valence electrons. The first kappa shape index (κ1) is 10.8. The number of carbonyl (C=O) groups excluding carboxylic acids is 1. The fourth-order valence-electron chi connectivity index (χ4n) is 0.379. The molecular formula is C7H10Cl2O2. The quantitative estimate of drug-likeness (QED) is 0.394. The molecule has 0 aliphatic heterocycles. The van der Waals surface area contributed by atoms with Gasteiger partial charge in [0.2, 0.25) is 0 Å². The zero-order valence-corrected chi connectivity index (χ0v) is 7.95. The van der Waals surface area contributed by atoms with Crippen LogP contribution in [0.5, 0.6) is 0 Å². The molecule has 0 saturated carbocycles. The Morgan fingerprint density at radius 3 is 2.18 bits per heavy atom. The van der Waals surface area contributed by atoms with Gasteiger partial charge in [0.1, 0.15) is 4.84 Å². The first-order chi connectivity index (χ1) is 4.95. The standard InChI is InChI=1S/C7H10Cl2O2/c1-4(2)11-7(10)5(3)6(8)9/h4,6H,3H2,1-2H3. The molecule has 0 spiro atoms. The molecule has 0 heterocycles. The summed E-state index contributed by atoms with van der Waals surface area (Å²) < 4.78 is 4.77. The van der Waals surface area contributed by atoms with Gasteiger partial charge < -0.3 is 4.74 Å². The van der Waals surface area contributed by atoms with Crippen LogP contribution in [0.25, 0.3) is 0 Å². The topological polar surface area (TPSA) is 26.3 Å². The van der Waals surface area contributed by atoms with Crippen LogP contribution in [-0.4, -0.2) is 16.9 Å². The molecule has 0 radical (unpaired) electrons. The molecule has 0 aliphatic carbocycles. The van der Waals surface area contributed by atoms with Gasteiger partial charge in [-0.1, -0.05) is 29.8 Å². The molecule has 0 saturated heterocycles. The number of hydrogen-bond donors (Lipinski definition) is 0. The number of rotatable bonds is 3. The van der Waals surface area contributed by atoms with E-state index in [-0.39, 0.29) is 11.7 Å². The van der Waals surface area contributed by atoms with E-state index < -0.39 is 10.8 Å². The number of ether oxygens (including phenoxy) is 1. The summed E-state index contributed by atoms with van der Waals surface area (Å²) in [5, 5.41) is 0. The van der Waals surface area contributed by atoms with E-state index in [1.54, 1.807) is 13.8 Å². The van der Waals surface area contributed by atoms with E-state index in [0.29, 0.717) is 0 Å². The van der Waals surface area contributed by atoms with Crippen molar-refractivity contribution in [2.24, 2.45) is 0 Å². The Labute approximate surface area is 76.1 Å². The van der Waals surface area contributed by atoms with Gasteiger partial charge in [-0.15, -0.1) is 0 Å². The minimum atomic E-state index is -0.888. The average molecular weight is 197 g/mol. The van der Waals surface area contributed by atoms with Gasteiger partial charge in [-0.05, 0) is 13.8 Å². The van der Waals surface area contributed by atoms with Gasteiger partial charge in [0.25, 0.3) is 0 Å². The molecule has 0 unspecified atom stereocenters. The second-order valence-corrected chi connectivity index (χ2v) is 3.38. The highest BCUT2D eigenvalue weighted by Gasteiger charge is 2.16. The van der Waals surface area contributed by atoms with E-state index >= 15 is 0 Å². The van der Waals surface area contributed by atoms with Crippen molar-refractivity contribution >= 4 is 29.2 Å². The fraction of sp³-hybridized carbons (Fsp3) is 0.571. The van der Waals surface area contributed by atoms with Gasteiger partial charge in [-0.25, -0.2) is 4.79 Å². The van der Waals surface area contributed by atoms with Crippen LogP contribution in [0.15, 0.2) is 12.2 Å². The third kappa shape index (κ3) is 4.27. The minimum absolute atomic E-state index is 0.0713. The van der Waals surface area contributed by atoms with Crippen molar-refractivity contribution in [2.45, 2.75) is 24.8 Å². The lowest BCUT2D eigenvalue weighted by Gasteiger charge is -2.09. The molecule has 0 aromatic heterocycles. The van der Waals surface area contributed by atoms with Gasteiger partial charge in [-0.2, -0.15) is 0 Å². The minimum Gasteiger partial charge on any atom is -0.460 e. The maximum Gasteiger partial charge on any atom is 0.336 e. The van der Waals surface area contributed by atoms with Gasteiger partial charge >= 0.3 is 5.97 Å². The van der Waals surface area contributed by atoms with Crippen LogP contribution in [0.4, 0.5) is 0 Å². The third-order valence-electron chi connectivity index (χ3n) is 0.868. The van der Waals surface area contributed by atoms with Crippen molar-refractivity contribution in [1.29, 1.82) is 0 Å². The summed E-state index contributed by atoms with van der Waals surface area (Å²) in [7, 11) is 0. The molecule has 11 heavy (non-hydrogen) atoms. The number of carbonyl (C=O) groups is 1. The van der Waals surface area contributed by atoms with Crippen LogP contribution < -0.4 is 0 Å². The summed E-state index contributed by atoms with van der Waals surface area (Å²) in [6, 6.07) is 0. The predicted molar refractivity (Wildman–Crippen MR) is 45.9 cm³/mol. The molecule has 0 aromatic rings. The lowest BCUT2D eigenvalue weighted by atomic mass is 10.3. The van der Waals surface area contributed by atoms with Crippen molar-refractivity contribution in [3.8, 4) is 0 Å². The van der Waals surface area contributed by atoms with E-state index in [4.69, 9.17) is 27.9 Å². The number of hydrogen-bond acceptors (Lipinski definition) is 2. The van der Waals surface area contributed by atoms with Crippen molar-refractivity contribution in [1.82, 2.24) is 0 Å². The molecule has 0 aromatic carbocycles. The highest BCUT2D eigenvalue weighted by Crippen LogP contribution is 2.14. The van der Waals surface area contributed by atoms with Crippen LogP contribution in [0, 0.1) is 0 Å². The first-order valence-electron chi connectivity index (χ1n) is 3.13. The lowest BCUT2D eigenvalue weighted by Crippen LogP contribution is -2.16. The number of esters is 1. The first-order valence-corrected chi connectivity index (χ1v) is 4.00. The van der Waals surface area contributed by atoms with Crippen LogP contribution in [-0.2, 0) is 9.53 Å². The molecule has 0 N–H and O–H groups in total. The molecule has 0 fully saturated rings. The SMILES string of the molecule is C=C(C(=O)OC(C)C)C(Cl)Cl. The second kappa shape index (κ2) is 4.62. The van der Waals surface area contributed by atoms with Gasteiger partial charge in [0.15, 0.2) is 0 Å². The summed E-state index contributed by atoms with van der Waals surface area (Å²) >= 11 is 10.7. The molecule has 0 bridgehead atoms. The maximum absolute atomic E-state index is 10.9. The number of halogens is 2. The summed E-state index contributed by atoms with van der Waals surface area (Å²) in [6.45, 7) is 6.85. The van der Waals surface area contributed by atoms with Gasteiger partial charge in [-0.3, -0.25) is 0 Å². The van der Waals surface area contributed by atoms with Gasteiger partial charge in [0.05, 0.1) is 11.7 Å². The van der Waals surface area contributed by atoms with Crippen LogP contribution in [0.1, 0.15) is 13.8 Å². The molecule has 4 heteroatoms. The largest absolute Gasteiger partial charge is 0.460 e. The Morgan fingerprint density at radius 2 is 1.91 bits per heavy atom. The van der Waals surface area contributed by atoms with Crippen LogP contribution in [0.3, 0.4) is 0 Å². The zero-order valence-electron chi connectivity index (χ0n) is 6.43. The van der Waals surface area contributed by atoms with Gasteiger partial charge in [0, 0.05) is 0 Å². The monoisotopic (exact) mass is 196 g/mol. The lowest BCUT2D eigenvalue weighted by molar-refractivity contribution is -0.142. The molecule has 0 rings (SSSR count). The average Bonchev–Trinajstić information content (AvgIpc) is 1.84. The Morgan fingerprint density at radius 1 is 1.45 bits per heavy atom. The van der Waals surface area contributed by atoms with E-state index in [2.05, 4.69) is 6.58 Å². The highest BCUT2D eigenvalue weighted by atomic mass is 35.5. The summed E-state index contributed by atoms with van der Waals surface area (Å²) in [5.74, 6) is -0.546. The Kier molecular flexibility index (Phi) is 4.54. The number of alkyl halides is 2. The zero-order chi connectivity index (χ0) is 9.02. The third-order valence-corrected chi connectivity index (χ3v) is 1.40. The maximum atomic E-state index is 10.9. The second-order valence-electron chi connectivity index (χ2n) is 2.28. The molecule has 2 nitrogen and oxygen atoms in total. The van der Waals surface area contributed by atoms with E-state index in [9.17, 15) is 4.79 Å². The van der Waals surface area contributed by atoms with Crippen LogP contribution in [0.2, 0.25) is 0 Å². The molecular weight excluding hydrogens is 187 g/mol. The normalized spacial score (nSPS) is 10.4. The Balaban J connectivity index is 3.94.